The minimum Gasteiger partial charge on any atom is -0.496 e. The van der Waals surface area contributed by atoms with Gasteiger partial charge in [0, 0.05) is 24.4 Å². The number of piperidine rings is 1. The third-order valence-corrected chi connectivity index (χ3v) is 6.26. The van der Waals surface area contributed by atoms with Crippen molar-refractivity contribution >= 4 is 5.91 Å². The molecule has 0 aromatic heterocycles. The van der Waals surface area contributed by atoms with Crippen molar-refractivity contribution in [2.45, 2.75) is 57.1 Å². The number of ether oxygens (including phenoxy) is 1. The molecule has 1 heterocycles. The van der Waals surface area contributed by atoms with Gasteiger partial charge in [0.1, 0.15) is 11.4 Å². The fourth-order valence-corrected chi connectivity index (χ4v) is 4.51. The van der Waals surface area contributed by atoms with Crippen LogP contribution in [-0.4, -0.2) is 43.8 Å². The lowest BCUT2D eigenvalue weighted by atomic mass is 9.84. The first-order valence-corrected chi connectivity index (χ1v) is 10.0. The number of rotatable bonds is 5. The lowest BCUT2D eigenvalue weighted by molar-refractivity contribution is -0.900. The fourth-order valence-electron chi connectivity index (χ4n) is 4.51. The Bertz CT molecular complexity index is 611. The SMILES string of the molecule is COc1ccccc1C1(O)CC[NH+](CC(=O)N[C@@H]2CCCC[C@@H]2C)CC1. The number of hydrogen-bond donors (Lipinski definition) is 3. The van der Waals surface area contributed by atoms with E-state index in [1.54, 1.807) is 7.11 Å². The van der Waals surface area contributed by atoms with Crippen molar-refractivity contribution in [3.8, 4) is 5.75 Å². The number of methoxy groups -OCH3 is 1. The van der Waals surface area contributed by atoms with Crippen LogP contribution in [-0.2, 0) is 10.4 Å². The summed E-state index contributed by atoms with van der Waals surface area (Å²) in [5.41, 5.74) is 0.00631. The Balaban J connectivity index is 1.52. The molecule has 1 aromatic carbocycles. The summed E-state index contributed by atoms with van der Waals surface area (Å²) in [6.45, 7) is 4.33. The Hall–Kier alpha value is -1.59. The maximum Gasteiger partial charge on any atom is 0.275 e. The van der Waals surface area contributed by atoms with Crippen LogP contribution >= 0.6 is 0 Å². The molecular weight excluding hydrogens is 328 g/mol. The van der Waals surface area contributed by atoms with Crippen LogP contribution in [0.15, 0.2) is 24.3 Å². The monoisotopic (exact) mass is 361 g/mol. The van der Waals surface area contributed by atoms with E-state index < -0.39 is 5.60 Å². The third kappa shape index (κ3) is 4.38. The molecule has 1 saturated heterocycles. The largest absolute Gasteiger partial charge is 0.496 e. The summed E-state index contributed by atoms with van der Waals surface area (Å²) in [4.78, 5) is 13.7. The highest BCUT2D eigenvalue weighted by Crippen LogP contribution is 2.35. The van der Waals surface area contributed by atoms with Gasteiger partial charge in [-0.15, -0.1) is 0 Å². The number of amides is 1. The zero-order valence-electron chi connectivity index (χ0n) is 16.1. The number of para-hydroxylation sites is 1. The molecule has 1 amide bonds. The number of quaternary nitrogens is 1. The molecule has 1 aliphatic heterocycles. The van der Waals surface area contributed by atoms with Crippen LogP contribution in [0.5, 0.6) is 5.75 Å². The van der Waals surface area contributed by atoms with Gasteiger partial charge in [-0.3, -0.25) is 4.79 Å². The second kappa shape index (κ2) is 8.40. The van der Waals surface area contributed by atoms with Crippen LogP contribution in [0.4, 0.5) is 0 Å². The standard InChI is InChI=1S/C21H32N2O3/c1-16-7-3-5-9-18(16)22-20(24)15-23-13-11-21(25,12-14-23)17-8-4-6-10-19(17)26-2/h4,6,8,10,16,18,25H,3,5,7,9,11-15H2,1-2H3,(H,22,24)/p+1/t16-,18+/m0/s1. The molecule has 144 valence electrons. The van der Waals surface area contributed by atoms with Crippen molar-refractivity contribution in [1.29, 1.82) is 0 Å². The van der Waals surface area contributed by atoms with Crippen LogP contribution in [0.25, 0.3) is 0 Å². The van der Waals surface area contributed by atoms with Gasteiger partial charge in [-0.2, -0.15) is 0 Å². The van der Waals surface area contributed by atoms with Crippen molar-refractivity contribution < 1.29 is 19.5 Å². The van der Waals surface area contributed by atoms with Gasteiger partial charge in [0.15, 0.2) is 6.54 Å². The molecule has 0 spiro atoms. The zero-order chi connectivity index (χ0) is 18.6. The molecule has 3 N–H and O–H groups in total. The molecule has 0 unspecified atom stereocenters. The molecule has 0 radical (unpaired) electrons. The van der Waals surface area contributed by atoms with E-state index in [0.717, 1.165) is 30.8 Å². The van der Waals surface area contributed by atoms with Gasteiger partial charge >= 0.3 is 0 Å². The number of benzene rings is 1. The quantitative estimate of drug-likeness (QED) is 0.740. The van der Waals surface area contributed by atoms with Crippen LogP contribution in [0.1, 0.15) is 51.0 Å². The van der Waals surface area contributed by atoms with Gasteiger partial charge in [0.25, 0.3) is 5.91 Å². The number of carbonyl (C=O) groups excluding carboxylic acids is 1. The summed E-state index contributed by atoms with van der Waals surface area (Å²) in [7, 11) is 1.64. The Morgan fingerprint density at radius 1 is 1.27 bits per heavy atom. The van der Waals surface area contributed by atoms with E-state index in [2.05, 4.69) is 12.2 Å². The predicted octanol–water partition coefficient (Wildman–Crippen LogP) is 1.26. The van der Waals surface area contributed by atoms with Crippen LogP contribution in [0.2, 0.25) is 0 Å². The molecule has 2 fully saturated rings. The summed E-state index contributed by atoms with van der Waals surface area (Å²) in [5.74, 6) is 1.48. The maximum atomic E-state index is 12.4. The summed E-state index contributed by atoms with van der Waals surface area (Å²) < 4.78 is 5.42. The van der Waals surface area contributed by atoms with E-state index >= 15 is 0 Å². The Morgan fingerprint density at radius 3 is 2.65 bits per heavy atom. The highest BCUT2D eigenvalue weighted by Gasteiger charge is 2.38. The van der Waals surface area contributed by atoms with Gasteiger partial charge in [-0.05, 0) is 24.8 Å². The Labute approximate surface area is 156 Å². The van der Waals surface area contributed by atoms with Gasteiger partial charge < -0.3 is 20.1 Å². The lowest BCUT2D eigenvalue weighted by Gasteiger charge is -2.37. The number of nitrogens with one attached hydrogen (secondary N) is 2. The molecule has 2 aliphatic rings. The first-order valence-electron chi connectivity index (χ1n) is 10.0. The first kappa shape index (κ1) is 19.2. The Kier molecular flexibility index (Phi) is 6.20. The molecular formula is C21H33N2O3+. The molecule has 2 atom stereocenters. The van der Waals surface area contributed by atoms with Gasteiger partial charge in [-0.1, -0.05) is 38.0 Å². The van der Waals surface area contributed by atoms with E-state index in [-0.39, 0.29) is 5.91 Å². The topological polar surface area (TPSA) is 63.0 Å². The summed E-state index contributed by atoms with van der Waals surface area (Å²) in [6.07, 6.45) is 6.12. The average Bonchev–Trinajstić information content (AvgIpc) is 2.65. The summed E-state index contributed by atoms with van der Waals surface area (Å²) >= 11 is 0. The van der Waals surface area contributed by atoms with E-state index in [0.29, 0.717) is 31.3 Å². The lowest BCUT2D eigenvalue weighted by Crippen LogP contribution is -3.14. The molecule has 5 nitrogen and oxygen atoms in total. The molecule has 3 rings (SSSR count). The van der Waals surface area contributed by atoms with Crippen LogP contribution in [0.3, 0.4) is 0 Å². The Morgan fingerprint density at radius 2 is 1.96 bits per heavy atom. The number of aliphatic hydroxyl groups is 1. The predicted molar refractivity (Wildman–Crippen MR) is 101 cm³/mol. The minimum atomic E-state index is -0.857. The maximum absolute atomic E-state index is 12.4. The zero-order valence-corrected chi connectivity index (χ0v) is 16.1. The van der Waals surface area contributed by atoms with Crippen molar-refractivity contribution in [2.24, 2.45) is 5.92 Å². The van der Waals surface area contributed by atoms with Crippen molar-refractivity contribution in [3.63, 3.8) is 0 Å². The van der Waals surface area contributed by atoms with Crippen LogP contribution < -0.4 is 15.0 Å². The van der Waals surface area contributed by atoms with Crippen LogP contribution in [0, 0.1) is 5.92 Å². The average molecular weight is 362 g/mol. The molecule has 1 aromatic rings. The van der Waals surface area contributed by atoms with Crippen molar-refractivity contribution in [3.05, 3.63) is 29.8 Å². The highest BCUT2D eigenvalue weighted by atomic mass is 16.5. The molecule has 5 heteroatoms. The van der Waals surface area contributed by atoms with Gasteiger partial charge in [0.2, 0.25) is 0 Å². The normalized spacial score (nSPS) is 32.0. The number of carbonyl (C=O) groups is 1. The first-order chi connectivity index (χ1) is 12.5. The number of hydrogen-bond acceptors (Lipinski definition) is 3. The summed E-state index contributed by atoms with van der Waals surface area (Å²) in [6, 6.07) is 8.04. The molecule has 26 heavy (non-hydrogen) atoms. The highest BCUT2D eigenvalue weighted by molar-refractivity contribution is 5.77. The van der Waals surface area contributed by atoms with E-state index in [1.807, 2.05) is 24.3 Å². The second-order valence-electron chi connectivity index (χ2n) is 8.09. The summed E-state index contributed by atoms with van der Waals surface area (Å²) in [5, 5.41) is 14.4. The molecule has 1 saturated carbocycles. The van der Waals surface area contributed by atoms with Gasteiger partial charge in [-0.25, -0.2) is 0 Å². The molecule has 0 bridgehead atoms. The van der Waals surface area contributed by atoms with Crippen molar-refractivity contribution in [1.82, 2.24) is 5.32 Å². The third-order valence-electron chi connectivity index (χ3n) is 6.26. The van der Waals surface area contributed by atoms with Crippen molar-refractivity contribution in [2.75, 3.05) is 26.7 Å². The van der Waals surface area contributed by atoms with Gasteiger partial charge in [0.05, 0.1) is 20.2 Å². The van der Waals surface area contributed by atoms with E-state index in [4.69, 9.17) is 4.74 Å². The second-order valence-corrected chi connectivity index (χ2v) is 8.09. The van der Waals surface area contributed by atoms with E-state index in [1.165, 1.54) is 24.2 Å². The smallest absolute Gasteiger partial charge is 0.275 e. The number of likely N-dealkylation sites (tertiary alicyclic amines) is 1. The molecule has 1 aliphatic carbocycles. The van der Waals surface area contributed by atoms with E-state index in [9.17, 15) is 9.90 Å². The minimum absolute atomic E-state index is 0.154. The fraction of sp³-hybridized carbons (Fsp3) is 0.667.